The van der Waals surface area contributed by atoms with Crippen LogP contribution in [0.25, 0.3) is 0 Å². The number of rotatable bonds is 6. The van der Waals surface area contributed by atoms with Crippen molar-refractivity contribution >= 4 is 22.4 Å². The number of hydrogen-bond acceptors (Lipinski definition) is 4. The maximum absolute atomic E-state index is 12.1. The molecular formula is C12H16ClF3N2O3S. The van der Waals surface area contributed by atoms with E-state index < -0.39 is 22.1 Å². The Hall–Kier alpha value is -1.03. The molecule has 1 aliphatic carbocycles. The lowest BCUT2D eigenvalue weighted by Crippen LogP contribution is -2.38. The number of nitrogens with two attached hydrogens (primary N) is 1. The summed E-state index contributed by atoms with van der Waals surface area (Å²) < 4.78 is 66.3. The Kier molecular flexibility index (Phi) is 6.08. The number of sulfonamides is 1. The van der Waals surface area contributed by atoms with Gasteiger partial charge in [-0.1, -0.05) is 6.07 Å². The van der Waals surface area contributed by atoms with Crippen LogP contribution in [-0.4, -0.2) is 27.4 Å². The van der Waals surface area contributed by atoms with Gasteiger partial charge in [0.2, 0.25) is 10.0 Å². The molecular weight excluding hydrogens is 345 g/mol. The maximum Gasteiger partial charge on any atom is 0.573 e. The molecule has 0 amide bonds. The lowest BCUT2D eigenvalue weighted by Gasteiger charge is -2.13. The van der Waals surface area contributed by atoms with Crippen LogP contribution in [0, 0.1) is 5.92 Å². The van der Waals surface area contributed by atoms with Crippen LogP contribution >= 0.6 is 12.4 Å². The van der Waals surface area contributed by atoms with Crippen molar-refractivity contribution < 1.29 is 26.3 Å². The molecule has 0 aliphatic heterocycles. The van der Waals surface area contributed by atoms with Gasteiger partial charge < -0.3 is 10.5 Å². The Bertz CT molecular complexity index is 606. The number of alkyl halides is 3. The van der Waals surface area contributed by atoms with Crippen LogP contribution in [0.15, 0.2) is 29.2 Å². The molecule has 5 nitrogen and oxygen atoms in total. The first kappa shape index (κ1) is 19.0. The molecule has 0 heterocycles. The van der Waals surface area contributed by atoms with Gasteiger partial charge in [0.25, 0.3) is 0 Å². The largest absolute Gasteiger partial charge is 0.573 e. The molecule has 126 valence electrons. The van der Waals surface area contributed by atoms with Gasteiger partial charge in [-0.25, -0.2) is 13.1 Å². The summed E-state index contributed by atoms with van der Waals surface area (Å²) in [6.07, 6.45) is -2.93. The van der Waals surface area contributed by atoms with Gasteiger partial charge in [-0.05, 0) is 30.9 Å². The second-order valence-corrected chi connectivity index (χ2v) is 6.64. The predicted molar refractivity (Wildman–Crippen MR) is 76.3 cm³/mol. The van der Waals surface area contributed by atoms with Gasteiger partial charge in [0, 0.05) is 18.7 Å². The van der Waals surface area contributed by atoms with Gasteiger partial charge in [-0.3, -0.25) is 0 Å². The van der Waals surface area contributed by atoms with Gasteiger partial charge >= 0.3 is 6.36 Å². The third-order valence-corrected chi connectivity index (χ3v) is 4.51. The summed E-state index contributed by atoms with van der Waals surface area (Å²) >= 11 is 0. The molecule has 3 N–H and O–H groups in total. The van der Waals surface area contributed by atoms with Crippen molar-refractivity contribution in [3.8, 4) is 5.75 Å². The summed E-state index contributed by atoms with van der Waals surface area (Å²) in [6.45, 7) is 0.0529. The van der Waals surface area contributed by atoms with E-state index in [1.807, 2.05) is 0 Å². The highest BCUT2D eigenvalue weighted by atomic mass is 35.5. The van der Waals surface area contributed by atoms with Crippen LogP contribution in [-0.2, 0) is 10.0 Å². The minimum atomic E-state index is -4.87. The molecule has 0 aromatic heterocycles. The third kappa shape index (κ3) is 5.64. The van der Waals surface area contributed by atoms with E-state index in [-0.39, 0.29) is 29.9 Å². The first-order valence-corrected chi connectivity index (χ1v) is 7.77. The van der Waals surface area contributed by atoms with Crippen molar-refractivity contribution in [2.75, 3.05) is 6.54 Å². The summed E-state index contributed by atoms with van der Waals surface area (Å²) in [7, 11) is -3.92. The lowest BCUT2D eigenvalue weighted by molar-refractivity contribution is -0.274. The molecule has 22 heavy (non-hydrogen) atoms. The first-order valence-electron chi connectivity index (χ1n) is 6.28. The summed E-state index contributed by atoms with van der Waals surface area (Å²) in [6, 6.07) is 3.93. The Morgan fingerprint density at radius 3 is 2.55 bits per heavy atom. The van der Waals surface area contributed by atoms with Gasteiger partial charge in [0.05, 0.1) is 4.90 Å². The van der Waals surface area contributed by atoms with E-state index in [0.29, 0.717) is 5.92 Å². The molecule has 1 unspecified atom stereocenters. The SMILES string of the molecule is Cl.NC(CNS(=O)(=O)c1cccc(OC(F)(F)F)c1)C1CC1. The number of hydrogen-bond donors (Lipinski definition) is 2. The zero-order valence-electron chi connectivity index (χ0n) is 11.3. The zero-order chi connectivity index (χ0) is 15.7. The Labute approximate surface area is 132 Å². The average molecular weight is 361 g/mol. The fraction of sp³-hybridized carbons (Fsp3) is 0.500. The lowest BCUT2D eigenvalue weighted by atomic mass is 10.2. The second kappa shape index (κ2) is 7.03. The quantitative estimate of drug-likeness (QED) is 0.813. The monoisotopic (exact) mass is 360 g/mol. The minimum absolute atomic E-state index is 0. The zero-order valence-corrected chi connectivity index (χ0v) is 13.0. The highest BCUT2D eigenvalue weighted by Crippen LogP contribution is 2.31. The highest BCUT2D eigenvalue weighted by molar-refractivity contribution is 7.89. The fourth-order valence-electron chi connectivity index (χ4n) is 1.82. The number of nitrogens with one attached hydrogen (secondary N) is 1. The van der Waals surface area contributed by atoms with E-state index in [0.717, 1.165) is 25.0 Å². The summed E-state index contributed by atoms with van der Waals surface area (Å²) in [5, 5.41) is 0. The molecule has 0 spiro atoms. The van der Waals surface area contributed by atoms with E-state index in [1.165, 1.54) is 12.1 Å². The van der Waals surface area contributed by atoms with E-state index in [4.69, 9.17) is 5.73 Å². The summed E-state index contributed by atoms with van der Waals surface area (Å²) in [5.74, 6) is -0.274. The smallest absolute Gasteiger partial charge is 0.406 e. The van der Waals surface area contributed by atoms with E-state index in [2.05, 4.69) is 9.46 Å². The van der Waals surface area contributed by atoms with Crippen LogP contribution in [0.1, 0.15) is 12.8 Å². The molecule has 1 aromatic rings. The third-order valence-electron chi connectivity index (χ3n) is 3.09. The predicted octanol–water partition coefficient (Wildman–Crippen LogP) is 2.02. The highest BCUT2D eigenvalue weighted by Gasteiger charge is 2.32. The normalized spacial score (nSPS) is 16.7. The molecule has 1 aromatic carbocycles. The molecule has 1 aliphatic rings. The van der Waals surface area contributed by atoms with Gasteiger partial charge in [-0.15, -0.1) is 25.6 Å². The Morgan fingerprint density at radius 2 is 2.00 bits per heavy atom. The number of benzene rings is 1. The fourth-order valence-corrected chi connectivity index (χ4v) is 2.93. The number of halogens is 4. The standard InChI is InChI=1S/C12H15F3N2O3S.ClH/c13-12(14,15)20-9-2-1-3-10(6-9)21(18,19)17-7-11(16)8-4-5-8;/h1-3,6,8,11,17H,4-5,7,16H2;1H. The summed E-state index contributed by atoms with van der Waals surface area (Å²) in [4.78, 5) is -0.299. The van der Waals surface area contributed by atoms with Crippen molar-refractivity contribution in [3.63, 3.8) is 0 Å². The number of ether oxygens (including phenoxy) is 1. The van der Waals surface area contributed by atoms with E-state index in [1.54, 1.807) is 0 Å². The molecule has 0 saturated heterocycles. The molecule has 0 radical (unpaired) electrons. The van der Waals surface area contributed by atoms with Crippen LogP contribution in [0.2, 0.25) is 0 Å². The van der Waals surface area contributed by atoms with E-state index in [9.17, 15) is 21.6 Å². The molecule has 1 saturated carbocycles. The minimum Gasteiger partial charge on any atom is -0.406 e. The van der Waals surface area contributed by atoms with Crippen molar-refractivity contribution in [1.29, 1.82) is 0 Å². The van der Waals surface area contributed by atoms with Crippen molar-refractivity contribution in [2.45, 2.75) is 30.1 Å². The van der Waals surface area contributed by atoms with Gasteiger partial charge in [-0.2, -0.15) is 0 Å². The van der Waals surface area contributed by atoms with Crippen molar-refractivity contribution in [3.05, 3.63) is 24.3 Å². The molecule has 0 bridgehead atoms. The van der Waals surface area contributed by atoms with Gasteiger partial charge in [0.15, 0.2) is 0 Å². The Balaban J connectivity index is 0.00000242. The molecule has 1 fully saturated rings. The van der Waals surface area contributed by atoms with Gasteiger partial charge in [0.1, 0.15) is 5.75 Å². The van der Waals surface area contributed by atoms with Crippen molar-refractivity contribution in [1.82, 2.24) is 4.72 Å². The second-order valence-electron chi connectivity index (χ2n) is 4.88. The first-order chi connectivity index (χ1) is 9.67. The topological polar surface area (TPSA) is 81.4 Å². The maximum atomic E-state index is 12.1. The summed E-state index contributed by atoms with van der Waals surface area (Å²) in [5.41, 5.74) is 5.78. The van der Waals surface area contributed by atoms with Crippen LogP contribution < -0.4 is 15.2 Å². The van der Waals surface area contributed by atoms with E-state index >= 15 is 0 Å². The molecule has 1 atom stereocenters. The Morgan fingerprint density at radius 1 is 1.36 bits per heavy atom. The van der Waals surface area contributed by atoms with Crippen LogP contribution in [0.5, 0.6) is 5.75 Å². The molecule has 10 heteroatoms. The average Bonchev–Trinajstić information content (AvgIpc) is 3.18. The van der Waals surface area contributed by atoms with Crippen LogP contribution in [0.4, 0.5) is 13.2 Å². The molecule has 2 rings (SSSR count). The van der Waals surface area contributed by atoms with Crippen LogP contribution in [0.3, 0.4) is 0 Å². The van der Waals surface area contributed by atoms with Crippen molar-refractivity contribution in [2.24, 2.45) is 11.7 Å².